The average Bonchev–Trinajstić information content (AvgIpc) is 2.59. The highest BCUT2D eigenvalue weighted by atomic mass is 16.6. The lowest BCUT2D eigenvalue weighted by Gasteiger charge is -2.25. The van der Waals surface area contributed by atoms with Gasteiger partial charge in [-0.25, -0.2) is 0 Å². The quantitative estimate of drug-likeness (QED) is 0.689. The lowest BCUT2D eigenvalue weighted by molar-refractivity contribution is -0.0569. The van der Waals surface area contributed by atoms with E-state index in [1.165, 1.54) is 0 Å². The molecule has 1 aliphatic carbocycles. The molecule has 0 unspecified atom stereocenters. The molecule has 2 atom stereocenters. The van der Waals surface area contributed by atoms with Gasteiger partial charge in [-0.1, -0.05) is 72.2 Å². The molecule has 3 nitrogen and oxygen atoms in total. The minimum Gasteiger partial charge on any atom is -0.389 e. The van der Waals surface area contributed by atoms with Crippen LogP contribution in [0.4, 0.5) is 0 Å². The van der Waals surface area contributed by atoms with Crippen LogP contribution in [-0.4, -0.2) is 23.0 Å². The SMILES string of the molecule is O[C@H]1CCCC[C@@H]1ON=C(c1ccccc1)c1ccccc1. The summed E-state index contributed by atoms with van der Waals surface area (Å²) in [5.41, 5.74) is 2.83. The maximum Gasteiger partial charge on any atom is 0.153 e. The molecular weight excluding hydrogens is 274 g/mol. The normalized spacial score (nSPS) is 21.1. The highest BCUT2D eigenvalue weighted by molar-refractivity contribution is 6.12. The molecule has 0 bridgehead atoms. The first-order valence-corrected chi connectivity index (χ1v) is 7.87. The van der Waals surface area contributed by atoms with Gasteiger partial charge in [0.2, 0.25) is 0 Å². The van der Waals surface area contributed by atoms with Crippen LogP contribution in [0.5, 0.6) is 0 Å². The Morgan fingerprint density at radius 2 is 1.41 bits per heavy atom. The zero-order chi connectivity index (χ0) is 15.2. The van der Waals surface area contributed by atoms with Crippen molar-refractivity contribution in [2.75, 3.05) is 0 Å². The van der Waals surface area contributed by atoms with Crippen LogP contribution in [0, 0.1) is 0 Å². The fourth-order valence-corrected chi connectivity index (χ4v) is 2.78. The van der Waals surface area contributed by atoms with E-state index in [1.807, 2.05) is 60.7 Å². The van der Waals surface area contributed by atoms with E-state index in [9.17, 15) is 5.11 Å². The zero-order valence-electron chi connectivity index (χ0n) is 12.6. The molecule has 0 spiro atoms. The summed E-state index contributed by atoms with van der Waals surface area (Å²) in [6.07, 6.45) is 3.20. The highest BCUT2D eigenvalue weighted by Crippen LogP contribution is 2.22. The lowest BCUT2D eigenvalue weighted by atomic mass is 9.95. The van der Waals surface area contributed by atoms with Crippen molar-refractivity contribution in [3.63, 3.8) is 0 Å². The molecule has 1 N–H and O–H groups in total. The van der Waals surface area contributed by atoms with Crippen LogP contribution in [0.25, 0.3) is 0 Å². The lowest BCUT2D eigenvalue weighted by Crippen LogP contribution is -2.31. The molecule has 2 aromatic rings. The van der Waals surface area contributed by atoms with Gasteiger partial charge in [-0.3, -0.25) is 0 Å². The third-order valence-corrected chi connectivity index (χ3v) is 4.04. The number of rotatable bonds is 4. The van der Waals surface area contributed by atoms with Crippen LogP contribution in [0.15, 0.2) is 65.8 Å². The molecule has 3 heteroatoms. The van der Waals surface area contributed by atoms with Crippen molar-refractivity contribution in [2.45, 2.75) is 37.9 Å². The standard InChI is InChI=1S/C19H21NO2/c21-17-13-7-8-14-18(17)22-20-19(15-9-3-1-4-10-15)16-11-5-2-6-12-16/h1-6,9-12,17-18,21H,7-8,13-14H2/t17-,18-/m0/s1. The van der Waals surface area contributed by atoms with Crippen LogP contribution in [-0.2, 0) is 4.84 Å². The zero-order valence-corrected chi connectivity index (χ0v) is 12.6. The Hall–Kier alpha value is -2.13. The topological polar surface area (TPSA) is 41.8 Å². The second-order valence-electron chi connectivity index (χ2n) is 5.67. The fraction of sp³-hybridized carbons (Fsp3) is 0.316. The summed E-state index contributed by atoms with van der Waals surface area (Å²) in [4.78, 5) is 5.70. The molecule has 22 heavy (non-hydrogen) atoms. The molecule has 114 valence electrons. The van der Waals surface area contributed by atoms with E-state index in [0.717, 1.165) is 42.5 Å². The van der Waals surface area contributed by atoms with Crippen molar-refractivity contribution in [1.82, 2.24) is 0 Å². The van der Waals surface area contributed by atoms with Crippen LogP contribution < -0.4 is 0 Å². The highest BCUT2D eigenvalue weighted by Gasteiger charge is 2.25. The van der Waals surface area contributed by atoms with E-state index in [1.54, 1.807) is 0 Å². The van der Waals surface area contributed by atoms with Crippen LogP contribution in [0.2, 0.25) is 0 Å². The number of benzene rings is 2. The molecule has 0 radical (unpaired) electrons. The Bertz CT molecular complexity index is 568. The van der Waals surface area contributed by atoms with Gasteiger partial charge in [0.15, 0.2) is 6.10 Å². The van der Waals surface area contributed by atoms with Gasteiger partial charge in [0, 0.05) is 11.1 Å². The van der Waals surface area contributed by atoms with Crippen LogP contribution in [0.1, 0.15) is 36.8 Å². The van der Waals surface area contributed by atoms with Gasteiger partial charge < -0.3 is 9.94 Å². The molecule has 2 aromatic carbocycles. The van der Waals surface area contributed by atoms with E-state index in [2.05, 4.69) is 5.16 Å². The Morgan fingerprint density at radius 1 is 0.864 bits per heavy atom. The van der Waals surface area contributed by atoms with Crippen molar-refractivity contribution < 1.29 is 9.94 Å². The van der Waals surface area contributed by atoms with E-state index >= 15 is 0 Å². The molecule has 0 saturated heterocycles. The maximum absolute atomic E-state index is 10.0. The fourth-order valence-electron chi connectivity index (χ4n) is 2.78. The molecule has 1 fully saturated rings. The second kappa shape index (κ2) is 7.23. The molecular formula is C19H21NO2. The van der Waals surface area contributed by atoms with Gasteiger partial charge in [0.25, 0.3) is 0 Å². The summed E-state index contributed by atoms with van der Waals surface area (Å²) in [5.74, 6) is 0. The summed E-state index contributed by atoms with van der Waals surface area (Å²) in [5, 5.41) is 14.4. The van der Waals surface area contributed by atoms with Crippen LogP contribution >= 0.6 is 0 Å². The first-order chi connectivity index (χ1) is 10.8. The summed E-state index contributed by atoms with van der Waals surface area (Å²) >= 11 is 0. The van der Waals surface area contributed by atoms with E-state index < -0.39 is 6.10 Å². The van der Waals surface area contributed by atoms with E-state index in [4.69, 9.17) is 4.84 Å². The summed E-state index contributed by atoms with van der Waals surface area (Å²) in [7, 11) is 0. The van der Waals surface area contributed by atoms with Gasteiger partial charge in [-0.2, -0.15) is 0 Å². The van der Waals surface area contributed by atoms with Gasteiger partial charge in [-0.15, -0.1) is 0 Å². The number of hydrogen-bond donors (Lipinski definition) is 1. The molecule has 0 aromatic heterocycles. The first kappa shape index (κ1) is 14.8. The van der Waals surface area contributed by atoms with Crippen LogP contribution in [0.3, 0.4) is 0 Å². The third kappa shape index (κ3) is 3.55. The smallest absolute Gasteiger partial charge is 0.153 e. The third-order valence-electron chi connectivity index (χ3n) is 4.04. The van der Waals surface area contributed by atoms with Crippen molar-refractivity contribution >= 4 is 5.71 Å². The second-order valence-corrected chi connectivity index (χ2v) is 5.67. The van der Waals surface area contributed by atoms with Crippen molar-refractivity contribution in [1.29, 1.82) is 0 Å². The number of hydrogen-bond acceptors (Lipinski definition) is 3. The summed E-state index contributed by atoms with van der Waals surface area (Å²) in [6, 6.07) is 20.0. The molecule has 1 saturated carbocycles. The largest absolute Gasteiger partial charge is 0.389 e. The number of nitrogens with zero attached hydrogens (tertiary/aromatic N) is 1. The van der Waals surface area contributed by atoms with Gasteiger partial charge in [0.1, 0.15) is 5.71 Å². The van der Waals surface area contributed by atoms with E-state index in [0.29, 0.717) is 0 Å². The summed E-state index contributed by atoms with van der Waals surface area (Å²) in [6.45, 7) is 0. The predicted molar refractivity (Wildman–Crippen MR) is 87.9 cm³/mol. The molecule has 0 aliphatic heterocycles. The molecule has 3 rings (SSSR count). The van der Waals surface area contributed by atoms with E-state index in [-0.39, 0.29) is 6.10 Å². The summed E-state index contributed by atoms with van der Waals surface area (Å²) < 4.78 is 0. The predicted octanol–water partition coefficient (Wildman–Crippen LogP) is 3.76. The Morgan fingerprint density at radius 3 is 1.95 bits per heavy atom. The number of oxime groups is 1. The van der Waals surface area contributed by atoms with Gasteiger partial charge in [-0.05, 0) is 19.3 Å². The minimum atomic E-state index is -0.412. The maximum atomic E-state index is 10.0. The average molecular weight is 295 g/mol. The van der Waals surface area contributed by atoms with Gasteiger partial charge in [0.05, 0.1) is 6.10 Å². The van der Waals surface area contributed by atoms with Crippen molar-refractivity contribution in [2.24, 2.45) is 5.16 Å². The minimum absolute atomic E-state index is 0.198. The van der Waals surface area contributed by atoms with Gasteiger partial charge >= 0.3 is 0 Å². The number of aliphatic hydroxyl groups excluding tert-OH is 1. The molecule has 0 amide bonds. The Labute approximate surface area is 131 Å². The molecule has 1 aliphatic rings. The molecule has 0 heterocycles. The monoisotopic (exact) mass is 295 g/mol. The first-order valence-electron chi connectivity index (χ1n) is 7.87. The van der Waals surface area contributed by atoms with Crippen molar-refractivity contribution in [3.05, 3.63) is 71.8 Å². The van der Waals surface area contributed by atoms with Crippen molar-refractivity contribution in [3.8, 4) is 0 Å². The number of aliphatic hydroxyl groups is 1. The Kier molecular flexibility index (Phi) is 4.86. The Balaban J connectivity index is 1.87.